The van der Waals surface area contributed by atoms with Gasteiger partial charge in [-0.3, -0.25) is 14.6 Å². The number of para-hydroxylation sites is 1. The van der Waals surface area contributed by atoms with Gasteiger partial charge >= 0.3 is 0 Å². The Morgan fingerprint density at radius 1 is 0.931 bits per heavy atom. The molecule has 3 aromatic rings. The molecule has 0 unspecified atom stereocenters. The van der Waals surface area contributed by atoms with Crippen molar-refractivity contribution in [2.45, 2.75) is 33.2 Å². The van der Waals surface area contributed by atoms with Gasteiger partial charge < -0.3 is 10.6 Å². The Morgan fingerprint density at radius 2 is 1.76 bits per heavy atom. The Balaban J connectivity index is 1.59. The second kappa shape index (κ2) is 9.64. The van der Waals surface area contributed by atoms with Crippen molar-refractivity contribution in [3.05, 3.63) is 94.8 Å². The Bertz CT molecular complexity index is 1000. The normalized spacial score (nSPS) is 10.4. The third kappa shape index (κ3) is 5.75. The molecule has 0 aliphatic carbocycles. The highest BCUT2D eigenvalue weighted by Crippen LogP contribution is 2.17. The molecule has 148 valence electrons. The number of carbonyl (C=O) groups excluding carboxylic acids is 2. The zero-order chi connectivity index (χ0) is 20.6. The second-order valence-corrected chi connectivity index (χ2v) is 7.06. The number of amides is 2. The van der Waals surface area contributed by atoms with Crippen LogP contribution in [0.25, 0.3) is 0 Å². The van der Waals surface area contributed by atoms with E-state index in [0.717, 1.165) is 11.1 Å². The van der Waals surface area contributed by atoms with Crippen LogP contribution in [0.4, 0.5) is 5.69 Å². The molecular weight excluding hydrogens is 362 g/mol. The van der Waals surface area contributed by atoms with E-state index >= 15 is 0 Å². The van der Waals surface area contributed by atoms with Gasteiger partial charge in [0, 0.05) is 25.4 Å². The van der Waals surface area contributed by atoms with Gasteiger partial charge in [0.2, 0.25) is 5.91 Å². The van der Waals surface area contributed by atoms with Crippen LogP contribution < -0.4 is 10.6 Å². The predicted molar refractivity (Wildman–Crippen MR) is 115 cm³/mol. The number of benzene rings is 2. The van der Waals surface area contributed by atoms with Gasteiger partial charge in [0.05, 0.1) is 11.3 Å². The van der Waals surface area contributed by atoms with Crippen molar-refractivity contribution in [3.63, 3.8) is 0 Å². The molecule has 29 heavy (non-hydrogen) atoms. The number of nitrogens with zero attached hydrogens (tertiary/aromatic N) is 1. The molecule has 1 aromatic heterocycles. The van der Waals surface area contributed by atoms with E-state index in [1.54, 1.807) is 36.7 Å². The molecule has 1 heterocycles. The lowest BCUT2D eigenvalue weighted by Crippen LogP contribution is -2.25. The van der Waals surface area contributed by atoms with Crippen LogP contribution in [0.15, 0.2) is 67.0 Å². The smallest absolute Gasteiger partial charge is 0.253 e. The van der Waals surface area contributed by atoms with E-state index in [2.05, 4.69) is 47.7 Å². The highest BCUT2D eigenvalue weighted by molar-refractivity contribution is 6.03. The molecule has 5 heteroatoms. The third-order valence-electron chi connectivity index (χ3n) is 4.83. The molecule has 0 aliphatic rings. The molecule has 3 rings (SSSR count). The van der Waals surface area contributed by atoms with Crippen molar-refractivity contribution in [1.29, 1.82) is 0 Å². The fourth-order valence-electron chi connectivity index (χ4n) is 3.00. The second-order valence-electron chi connectivity index (χ2n) is 7.06. The van der Waals surface area contributed by atoms with E-state index in [0.29, 0.717) is 30.6 Å². The van der Waals surface area contributed by atoms with Crippen molar-refractivity contribution in [2.24, 2.45) is 0 Å². The van der Waals surface area contributed by atoms with Crippen LogP contribution in [-0.2, 0) is 17.8 Å². The zero-order valence-electron chi connectivity index (χ0n) is 16.7. The van der Waals surface area contributed by atoms with E-state index in [-0.39, 0.29) is 11.8 Å². The number of hydrogen-bond donors (Lipinski definition) is 2. The van der Waals surface area contributed by atoms with Crippen molar-refractivity contribution in [2.75, 3.05) is 5.32 Å². The van der Waals surface area contributed by atoms with Gasteiger partial charge in [-0.25, -0.2) is 0 Å². The summed E-state index contributed by atoms with van der Waals surface area (Å²) in [5.41, 5.74) is 5.46. The monoisotopic (exact) mass is 387 g/mol. The molecule has 0 radical (unpaired) electrons. The van der Waals surface area contributed by atoms with Gasteiger partial charge in [-0.15, -0.1) is 0 Å². The lowest BCUT2D eigenvalue weighted by molar-refractivity contribution is -0.116. The number of aryl methyl sites for hydroxylation is 3. The molecule has 0 fully saturated rings. The van der Waals surface area contributed by atoms with Gasteiger partial charge in [0.15, 0.2) is 0 Å². The summed E-state index contributed by atoms with van der Waals surface area (Å²) in [4.78, 5) is 29.1. The fourth-order valence-corrected chi connectivity index (χ4v) is 3.00. The number of rotatable bonds is 7. The van der Waals surface area contributed by atoms with Crippen molar-refractivity contribution in [1.82, 2.24) is 10.3 Å². The summed E-state index contributed by atoms with van der Waals surface area (Å²) >= 11 is 0. The predicted octanol–water partition coefficient (Wildman–Crippen LogP) is 4.20. The largest absolute Gasteiger partial charge is 0.348 e. The van der Waals surface area contributed by atoms with Crippen LogP contribution in [0, 0.1) is 13.8 Å². The van der Waals surface area contributed by atoms with Gasteiger partial charge in [-0.1, -0.05) is 36.4 Å². The summed E-state index contributed by atoms with van der Waals surface area (Å²) in [6.07, 6.45) is 4.41. The van der Waals surface area contributed by atoms with Crippen LogP contribution in [0.1, 0.15) is 39.0 Å². The Morgan fingerprint density at radius 3 is 2.52 bits per heavy atom. The minimum absolute atomic E-state index is 0.115. The first kappa shape index (κ1) is 20.3. The average Bonchev–Trinajstić information content (AvgIpc) is 2.74. The highest BCUT2D eigenvalue weighted by atomic mass is 16.2. The molecule has 0 bridgehead atoms. The van der Waals surface area contributed by atoms with Gasteiger partial charge in [0.1, 0.15) is 0 Å². The van der Waals surface area contributed by atoms with E-state index in [1.165, 1.54) is 11.1 Å². The SMILES string of the molecule is Cc1ccc(CCC(=O)Nc2ccccc2C(=O)NCc2cccnc2)cc1C. The first-order chi connectivity index (χ1) is 14.0. The van der Waals surface area contributed by atoms with Crippen molar-refractivity contribution in [3.8, 4) is 0 Å². The summed E-state index contributed by atoms with van der Waals surface area (Å²) in [6, 6.07) is 17.0. The number of hydrogen-bond acceptors (Lipinski definition) is 3. The molecule has 2 N–H and O–H groups in total. The topological polar surface area (TPSA) is 71.1 Å². The summed E-state index contributed by atoms with van der Waals surface area (Å²) in [5.74, 6) is -0.352. The molecule has 0 saturated heterocycles. The fraction of sp³-hybridized carbons (Fsp3) is 0.208. The Labute approximate surface area is 171 Å². The molecular formula is C24H25N3O2. The van der Waals surface area contributed by atoms with E-state index in [1.807, 2.05) is 12.1 Å². The summed E-state index contributed by atoms with van der Waals surface area (Å²) < 4.78 is 0. The molecule has 2 aromatic carbocycles. The van der Waals surface area contributed by atoms with E-state index in [9.17, 15) is 9.59 Å². The average molecular weight is 387 g/mol. The standard InChI is InChI=1S/C24H25N3O2/c1-17-9-10-19(14-18(17)2)11-12-23(28)27-22-8-4-3-7-21(22)24(29)26-16-20-6-5-13-25-15-20/h3-10,13-15H,11-12,16H2,1-2H3,(H,26,29)(H,27,28). The van der Waals surface area contributed by atoms with Gasteiger partial charge in [0.25, 0.3) is 5.91 Å². The highest BCUT2D eigenvalue weighted by Gasteiger charge is 2.13. The first-order valence-corrected chi connectivity index (χ1v) is 9.65. The van der Waals surface area contributed by atoms with Crippen LogP contribution >= 0.6 is 0 Å². The van der Waals surface area contributed by atoms with Gasteiger partial charge in [-0.2, -0.15) is 0 Å². The van der Waals surface area contributed by atoms with Crippen LogP contribution in [0.5, 0.6) is 0 Å². The van der Waals surface area contributed by atoms with Gasteiger partial charge in [-0.05, 0) is 60.7 Å². The van der Waals surface area contributed by atoms with Crippen LogP contribution in [-0.4, -0.2) is 16.8 Å². The Kier molecular flexibility index (Phi) is 6.74. The molecule has 5 nitrogen and oxygen atoms in total. The number of carbonyl (C=O) groups is 2. The molecule has 0 spiro atoms. The lowest BCUT2D eigenvalue weighted by Gasteiger charge is -2.12. The quantitative estimate of drug-likeness (QED) is 0.638. The molecule has 0 aliphatic heterocycles. The lowest BCUT2D eigenvalue weighted by atomic mass is 10.0. The van der Waals surface area contributed by atoms with E-state index in [4.69, 9.17) is 0 Å². The van der Waals surface area contributed by atoms with Crippen LogP contribution in [0.2, 0.25) is 0 Å². The minimum atomic E-state index is -0.237. The Hall–Kier alpha value is -3.47. The first-order valence-electron chi connectivity index (χ1n) is 9.65. The third-order valence-corrected chi connectivity index (χ3v) is 4.83. The van der Waals surface area contributed by atoms with Crippen molar-refractivity contribution >= 4 is 17.5 Å². The summed E-state index contributed by atoms with van der Waals surface area (Å²) in [5, 5.41) is 5.74. The maximum atomic E-state index is 12.6. The van der Waals surface area contributed by atoms with E-state index < -0.39 is 0 Å². The number of pyridine rings is 1. The molecule has 2 amide bonds. The number of anilines is 1. The molecule has 0 atom stereocenters. The zero-order valence-corrected chi connectivity index (χ0v) is 16.7. The maximum Gasteiger partial charge on any atom is 0.253 e. The molecule has 0 saturated carbocycles. The number of nitrogens with one attached hydrogen (secondary N) is 2. The summed E-state index contributed by atoms with van der Waals surface area (Å²) in [7, 11) is 0. The summed E-state index contributed by atoms with van der Waals surface area (Å²) in [6.45, 7) is 4.52. The number of aromatic nitrogens is 1. The van der Waals surface area contributed by atoms with Crippen LogP contribution in [0.3, 0.4) is 0 Å². The van der Waals surface area contributed by atoms with Crippen molar-refractivity contribution < 1.29 is 9.59 Å². The maximum absolute atomic E-state index is 12.6. The minimum Gasteiger partial charge on any atom is -0.348 e.